The molecule has 0 aromatic carbocycles. The molecule has 1 aromatic rings. The van der Waals surface area contributed by atoms with Gasteiger partial charge in [-0.15, -0.1) is 10.2 Å². The van der Waals surface area contributed by atoms with Crippen LogP contribution in [0.25, 0.3) is 0 Å². The Morgan fingerprint density at radius 2 is 2.29 bits per heavy atom. The van der Waals surface area contributed by atoms with Crippen LogP contribution in [0.4, 0.5) is 0 Å². The molecule has 1 heterocycles. The first-order valence-electron chi connectivity index (χ1n) is 5.92. The molecule has 0 N–H and O–H groups in total. The van der Waals surface area contributed by atoms with Crippen molar-refractivity contribution in [3.05, 3.63) is 5.51 Å². The van der Waals surface area contributed by atoms with Crippen molar-refractivity contribution in [2.24, 2.45) is 0 Å². The second-order valence-corrected chi connectivity index (χ2v) is 6.35. The first-order chi connectivity index (χ1) is 8.27. The van der Waals surface area contributed by atoms with Gasteiger partial charge in [0.2, 0.25) is 5.91 Å². The van der Waals surface area contributed by atoms with E-state index in [0.717, 1.165) is 17.2 Å². The molecule has 0 atom stereocenters. The summed E-state index contributed by atoms with van der Waals surface area (Å²) < 4.78 is 0.871. The molecule has 1 aliphatic rings. The van der Waals surface area contributed by atoms with Crippen molar-refractivity contribution < 1.29 is 4.79 Å². The summed E-state index contributed by atoms with van der Waals surface area (Å²) in [7, 11) is 1.93. The van der Waals surface area contributed by atoms with Gasteiger partial charge in [0.25, 0.3) is 0 Å². The monoisotopic (exact) mass is 271 g/mol. The molecule has 94 valence electrons. The molecule has 4 nitrogen and oxygen atoms in total. The molecule has 2 rings (SSSR count). The number of carbonyl (C=O) groups is 1. The largest absolute Gasteiger partial charge is 0.342 e. The van der Waals surface area contributed by atoms with E-state index in [1.807, 2.05) is 11.9 Å². The van der Waals surface area contributed by atoms with E-state index >= 15 is 0 Å². The summed E-state index contributed by atoms with van der Waals surface area (Å²) in [6.45, 7) is 0. The van der Waals surface area contributed by atoms with Crippen molar-refractivity contribution in [1.29, 1.82) is 0 Å². The smallest absolute Gasteiger partial charge is 0.233 e. The SMILES string of the molecule is CN(C(=O)CSc1nncs1)C1CCCCC1. The van der Waals surface area contributed by atoms with Gasteiger partial charge in [0.05, 0.1) is 5.75 Å². The summed E-state index contributed by atoms with van der Waals surface area (Å²) in [5.74, 6) is 0.680. The Hall–Kier alpha value is -0.620. The van der Waals surface area contributed by atoms with Crippen LogP contribution in [0, 0.1) is 0 Å². The van der Waals surface area contributed by atoms with E-state index in [9.17, 15) is 4.79 Å². The summed E-state index contributed by atoms with van der Waals surface area (Å²) >= 11 is 2.96. The highest BCUT2D eigenvalue weighted by atomic mass is 32.2. The lowest BCUT2D eigenvalue weighted by molar-refractivity contribution is -0.129. The Kier molecular flexibility index (Phi) is 4.79. The highest BCUT2D eigenvalue weighted by molar-refractivity contribution is 8.01. The van der Waals surface area contributed by atoms with E-state index in [-0.39, 0.29) is 5.91 Å². The fraction of sp³-hybridized carbons (Fsp3) is 0.727. The molecular formula is C11H17N3OS2. The lowest BCUT2D eigenvalue weighted by Gasteiger charge is -2.31. The number of hydrogen-bond acceptors (Lipinski definition) is 5. The molecule has 6 heteroatoms. The summed E-state index contributed by atoms with van der Waals surface area (Å²) in [6.07, 6.45) is 6.15. The average Bonchev–Trinajstić information content (AvgIpc) is 2.89. The molecule has 0 saturated heterocycles. The molecule has 1 fully saturated rings. The fourth-order valence-corrected chi connectivity index (χ4v) is 3.54. The van der Waals surface area contributed by atoms with E-state index in [0.29, 0.717) is 11.8 Å². The van der Waals surface area contributed by atoms with Crippen LogP contribution in [0.2, 0.25) is 0 Å². The second kappa shape index (κ2) is 6.35. The zero-order valence-corrected chi connectivity index (χ0v) is 11.6. The Bertz CT molecular complexity index is 350. The number of hydrogen-bond donors (Lipinski definition) is 0. The molecule has 1 saturated carbocycles. The number of rotatable bonds is 4. The summed E-state index contributed by atoms with van der Waals surface area (Å²) in [5.41, 5.74) is 1.69. The van der Waals surface area contributed by atoms with Gasteiger partial charge in [-0.25, -0.2) is 0 Å². The Morgan fingerprint density at radius 1 is 1.53 bits per heavy atom. The van der Waals surface area contributed by atoms with Crippen LogP contribution in [0.1, 0.15) is 32.1 Å². The predicted molar refractivity (Wildman–Crippen MR) is 70.3 cm³/mol. The molecule has 0 radical (unpaired) electrons. The molecule has 1 aliphatic carbocycles. The van der Waals surface area contributed by atoms with E-state index < -0.39 is 0 Å². The number of carbonyl (C=O) groups excluding carboxylic acids is 1. The van der Waals surface area contributed by atoms with Gasteiger partial charge in [0, 0.05) is 13.1 Å². The highest BCUT2D eigenvalue weighted by Gasteiger charge is 2.22. The topological polar surface area (TPSA) is 46.1 Å². The first kappa shape index (κ1) is 12.8. The molecule has 0 aliphatic heterocycles. The van der Waals surface area contributed by atoms with Crippen molar-refractivity contribution in [3.63, 3.8) is 0 Å². The van der Waals surface area contributed by atoms with Gasteiger partial charge in [0.15, 0.2) is 4.34 Å². The van der Waals surface area contributed by atoms with Crippen LogP contribution in [-0.2, 0) is 4.79 Å². The van der Waals surface area contributed by atoms with Crippen molar-refractivity contribution in [3.8, 4) is 0 Å². The van der Waals surface area contributed by atoms with Gasteiger partial charge in [-0.05, 0) is 12.8 Å². The standard InChI is InChI=1S/C11H17N3OS2/c1-14(9-5-3-2-4-6-9)10(15)7-16-11-13-12-8-17-11/h8-9H,2-7H2,1H3. The van der Waals surface area contributed by atoms with E-state index in [1.54, 1.807) is 5.51 Å². The van der Waals surface area contributed by atoms with Crippen molar-refractivity contribution in [2.75, 3.05) is 12.8 Å². The number of amides is 1. The third-order valence-electron chi connectivity index (χ3n) is 3.17. The van der Waals surface area contributed by atoms with E-state index in [4.69, 9.17) is 0 Å². The minimum absolute atomic E-state index is 0.206. The Labute approximate surface area is 110 Å². The van der Waals surface area contributed by atoms with Gasteiger partial charge < -0.3 is 4.90 Å². The predicted octanol–water partition coefficient (Wildman–Crippen LogP) is 2.42. The maximum Gasteiger partial charge on any atom is 0.233 e. The minimum Gasteiger partial charge on any atom is -0.342 e. The fourth-order valence-electron chi connectivity index (χ4n) is 2.12. The van der Waals surface area contributed by atoms with Crippen LogP contribution in [0.3, 0.4) is 0 Å². The van der Waals surface area contributed by atoms with Gasteiger partial charge in [-0.2, -0.15) is 0 Å². The lowest BCUT2D eigenvalue weighted by atomic mass is 9.94. The normalized spacial score (nSPS) is 17.0. The first-order valence-corrected chi connectivity index (χ1v) is 7.78. The third kappa shape index (κ3) is 3.67. The Balaban J connectivity index is 1.78. The van der Waals surface area contributed by atoms with Crippen LogP contribution in [0.5, 0.6) is 0 Å². The van der Waals surface area contributed by atoms with E-state index in [2.05, 4.69) is 10.2 Å². The van der Waals surface area contributed by atoms with Crippen LogP contribution in [0.15, 0.2) is 9.85 Å². The molecule has 0 bridgehead atoms. The Morgan fingerprint density at radius 3 is 2.94 bits per heavy atom. The highest BCUT2D eigenvalue weighted by Crippen LogP contribution is 2.24. The number of aromatic nitrogens is 2. The van der Waals surface area contributed by atoms with Gasteiger partial charge in [-0.3, -0.25) is 4.79 Å². The van der Waals surface area contributed by atoms with Crippen molar-refractivity contribution in [2.45, 2.75) is 42.5 Å². The van der Waals surface area contributed by atoms with Crippen molar-refractivity contribution in [1.82, 2.24) is 15.1 Å². The maximum absolute atomic E-state index is 12.0. The van der Waals surface area contributed by atoms with Gasteiger partial charge in [-0.1, -0.05) is 42.4 Å². The quantitative estimate of drug-likeness (QED) is 0.789. The number of nitrogens with zero attached hydrogens (tertiary/aromatic N) is 3. The lowest BCUT2D eigenvalue weighted by Crippen LogP contribution is -2.39. The van der Waals surface area contributed by atoms with Crippen molar-refractivity contribution >= 4 is 29.0 Å². The third-order valence-corrected chi connectivity index (χ3v) is 5.02. The molecular weight excluding hydrogens is 254 g/mol. The summed E-state index contributed by atoms with van der Waals surface area (Å²) in [5, 5.41) is 7.68. The summed E-state index contributed by atoms with van der Waals surface area (Å²) in [6, 6.07) is 0.450. The van der Waals surface area contributed by atoms with E-state index in [1.165, 1.54) is 42.4 Å². The number of thioether (sulfide) groups is 1. The minimum atomic E-state index is 0.206. The van der Waals surface area contributed by atoms with Crippen LogP contribution < -0.4 is 0 Å². The molecule has 0 spiro atoms. The molecule has 0 unspecified atom stereocenters. The molecule has 1 amide bonds. The van der Waals surface area contributed by atoms with Gasteiger partial charge in [0.1, 0.15) is 5.51 Å². The maximum atomic E-state index is 12.0. The zero-order valence-electron chi connectivity index (χ0n) is 9.96. The van der Waals surface area contributed by atoms with Gasteiger partial charge >= 0.3 is 0 Å². The molecule has 17 heavy (non-hydrogen) atoms. The van der Waals surface area contributed by atoms with Crippen LogP contribution in [-0.4, -0.2) is 39.8 Å². The average molecular weight is 271 g/mol. The second-order valence-electron chi connectivity index (χ2n) is 4.29. The zero-order chi connectivity index (χ0) is 12.1. The summed E-state index contributed by atoms with van der Waals surface area (Å²) in [4.78, 5) is 13.9. The van der Waals surface area contributed by atoms with Crippen LogP contribution >= 0.6 is 23.1 Å². The molecule has 1 aromatic heterocycles.